The van der Waals surface area contributed by atoms with Crippen LogP contribution in [0.4, 0.5) is 0 Å². The molecule has 0 aliphatic carbocycles. The molecule has 0 spiro atoms. The van der Waals surface area contributed by atoms with E-state index in [1.807, 2.05) is 12.4 Å². The quantitative estimate of drug-likeness (QED) is 0.563. The van der Waals surface area contributed by atoms with Crippen LogP contribution >= 0.6 is 0 Å². The fourth-order valence-electron chi connectivity index (χ4n) is 2.87. The molecule has 0 radical (unpaired) electrons. The molecule has 114 valence electrons. The van der Waals surface area contributed by atoms with Crippen molar-refractivity contribution >= 4 is 21.5 Å². The predicted octanol–water partition coefficient (Wildman–Crippen LogP) is 5.47. The highest BCUT2D eigenvalue weighted by atomic mass is 14.7. The molecule has 22 heavy (non-hydrogen) atoms. The normalized spacial score (nSPS) is 11.4. The number of unbranched alkanes of at least 4 members (excludes halogenated alkanes) is 2. The van der Waals surface area contributed by atoms with Crippen LogP contribution in [0, 0.1) is 0 Å². The van der Waals surface area contributed by atoms with Crippen molar-refractivity contribution in [1.82, 2.24) is 9.97 Å². The Morgan fingerprint density at radius 3 is 1.50 bits per heavy atom. The van der Waals surface area contributed by atoms with Crippen molar-refractivity contribution in [2.75, 3.05) is 0 Å². The average Bonchev–Trinajstić information content (AvgIpc) is 2.56. The van der Waals surface area contributed by atoms with E-state index in [0.717, 1.165) is 12.8 Å². The van der Waals surface area contributed by atoms with Gasteiger partial charge >= 0.3 is 0 Å². The number of aryl methyl sites for hydroxylation is 2. The van der Waals surface area contributed by atoms with Crippen molar-refractivity contribution in [3.05, 3.63) is 48.0 Å². The van der Waals surface area contributed by atoms with Gasteiger partial charge in [-0.05, 0) is 60.7 Å². The molecule has 0 amide bonds. The molecule has 3 rings (SSSR count). The Bertz CT molecular complexity index is 710. The van der Waals surface area contributed by atoms with Crippen molar-refractivity contribution < 1.29 is 0 Å². The molecule has 2 nitrogen and oxygen atoms in total. The zero-order valence-corrected chi connectivity index (χ0v) is 13.6. The first kappa shape index (κ1) is 15.0. The van der Waals surface area contributed by atoms with Crippen LogP contribution in [0.1, 0.15) is 50.9 Å². The van der Waals surface area contributed by atoms with Crippen LogP contribution in [0.2, 0.25) is 0 Å². The van der Waals surface area contributed by atoms with E-state index in [2.05, 4.69) is 48.1 Å². The van der Waals surface area contributed by atoms with Gasteiger partial charge in [-0.1, -0.05) is 26.7 Å². The molecule has 3 aromatic rings. The molecule has 2 aromatic heterocycles. The number of aromatic nitrogens is 2. The summed E-state index contributed by atoms with van der Waals surface area (Å²) < 4.78 is 0. The molecule has 0 fully saturated rings. The van der Waals surface area contributed by atoms with Crippen LogP contribution in [0.25, 0.3) is 21.5 Å². The first-order chi connectivity index (χ1) is 10.8. The Labute approximate surface area is 132 Å². The van der Waals surface area contributed by atoms with Crippen LogP contribution in [-0.2, 0) is 12.8 Å². The van der Waals surface area contributed by atoms with E-state index >= 15 is 0 Å². The smallest absolute Gasteiger partial charge is 0.0410 e. The van der Waals surface area contributed by atoms with Crippen molar-refractivity contribution in [3.8, 4) is 0 Å². The highest BCUT2D eigenvalue weighted by Gasteiger charge is 2.03. The molecule has 0 aliphatic rings. The molecule has 0 N–H and O–H groups in total. The largest absolute Gasteiger partial charge is 0.261 e. The maximum absolute atomic E-state index is 4.61. The van der Waals surface area contributed by atoms with Crippen LogP contribution in [0.3, 0.4) is 0 Å². The summed E-state index contributed by atoms with van der Waals surface area (Å²) in [6, 6.07) is 8.96. The molecular formula is C20H24N2. The first-order valence-electron chi connectivity index (χ1n) is 8.47. The molecule has 0 atom stereocenters. The zero-order valence-electron chi connectivity index (χ0n) is 13.6. The minimum Gasteiger partial charge on any atom is -0.261 e. The fourth-order valence-corrected chi connectivity index (χ4v) is 2.87. The van der Waals surface area contributed by atoms with Gasteiger partial charge in [0.2, 0.25) is 0 Å². The summed E-state index contributed by atoms with van der Waals surface area (Å²) in [5.74, 6) is 0. The van der Waals surface area contributed by atoms with E-state index < -0.39 is 0 Å². The van der Waals surface area contributed by atoms with Gasteiger partial charge in [0.05, 0.1) is 0 Å². The van der Waals surface area contributed by atoms with E-state index in [9.17, 15) is 0 Å². The van der Waals surface area contributed by atoms with E-state index in [0.29, 0.717) is 0 Å². The number of hydrogen-bond acceptors (Lipinski definition) is 2. The lowest BCUT2D eigenvalue weighted by Crippen LogP contribution is -1.92. The summed E-state index contributed by atoms with van der Waals surface area (Å²) in [5, 5.41) is 4.99. The number of nitrogens with zero attached hydrogens (tertiary/aromatic N) is 2. The zero-order chi connectivity index (χ0) is 15.4. The second-order valence-electron chi connectivity index (χ2n) is 6.10. The third-order valence-corrected chi connectivity index (χ3v) is 4.24. The molecule has 1 aromatic carbocycles. The van der Waals surface area contributed by atoms with Crippen molar-refractivity contribution in [2.45, 2.75) is 52.4 Å². The molecule has 2 heterocycles. The summed E-state index contributed by atoms with van der Waals surface area (Å²) in [7, 11) is 0. The summed E-state index contributed by atoms with van der Waals surface area (Å²) >= 11 is 0. The third-order valence-electron chi connectivity index (χ3n) is 4.24. The van der Waals surface area contributed by atoms with Gasteiger partial charge in [0.15, 0.2) is 0 Å². The van der Waals surface area contributed by atoms with Crippen molar-refractivity contribution in [3.63, 3.8) is 0 Å². The number of fused-ring (bicyclic) bond motifs is 2. The molecule has 0 unspecified atom stereocenters. The van der Waals surface area contributed by atoms with Gasteiger partial charge in [0.1, 0.15) is 0 Å². The second-order valence-corrected chi connectivity index (χ2v) is 6.10. The Balaban J connectivity index is 1.98. The van der Waals surface area contributed by atoms with Crippen LogP contribution in [0.5, 0.6) is 0 Å². The molecule has 0 aliphatic heterocycles. The third kappa shape index (κ3) is 3.27. The second kappa shape index (κ2) is 6.87. The Hall–Kier alpha value is -1.96. The number of rotatable bonds is 6. The molecular weight excluding hydrogens is 268 g/mol. The summed E-state index contributed by atoms with van der Waals surface area (Å²) in [5.41, 5.74) is 2.39. The van der Waals surface area contributed by atoms with Gasteiger partial charge < -0.3 is 0 Å². The lowest BCUT2D eigenvalue weighted by Gasteiger charge is -2.06. The van der Waals surface area contributed by atoms with Gasteiger partial charge in [-0.15, -0.1) is 0 Å². The minimum atomic E-state index is 1.07. The molecule has 0 saturated carbocycles. The van der Waals surface area contributed by atoms with Crippen molar-refractivity contribution in [1.29, 1.82) is 0 Å². The van der Waals surface area contributed by atoms with E-state index in [4.69, 9.17) is 0 Å². The highest BCUT2D eigenvalue weighted by Crippen LogP contribution is 2.23. The maximum atomic E-state index is 4.61. The lowest BCUT2D eigenvalue weighted by atomic mass is 10.0. The number of benzene rings is 1. The molecule has 0 saturated heterocycles. The first-order valence-corrected chi connectivity index (χ1v) is 8.47. The Morgan fingerprint density at radius 1 is 0.636 bits per heavy atom. The van der Waals surface area contributed by atoms with Crippen LogP contribution in [-0.4, -0.2) is 9.97 Å². The van der Waals surface area contributed by atoms with Gasteiger partial charge in [-0.2, -0.15) is 0 Å². The average molecular weight is 292 g/mol. The van der Waals surface area contributed by atoms with Crippen molar-refractivity contribution in [2.24, 2.45) is 0 Å². The molecule has 0 bridgehead atoms. The topological polar surface area (TPSA) is 25.8 Å². The highest BCUT2D eigenvalue weighted by molar-refractivity contribution is 5.97. The summed E-state index contributed by atoms with van der Waals surface area (Å²) in [6.07, 6.45) is 11.0. The summed E-state index contributed by atoms with van der Waals surface area (Å²) in [6.45, 7) is 4.44. The molecule has 2 heteroatoms. The summed E-state index contributed by atoms with van der Waals surface area (Å²) in [4.78, 5) is 9.22. The standard InChI is InChI=1S/C20H24N2/c1-3-5-7-19-11-15-9-18-14-22-20(8-6-4-2)12-16(18)10-17(15)13-21-19/h9-14H,3-8H2,1-2H3. The van der Waals surface area contributed by atoms with Gasteiger partial charge in [-0.25, -0.2) is 0 Å². The monoisotopic (exact) mass is 292 g/mol. The minimum absolute atomic E-state index is 1.07. The SMILES string of the molecule is CCCCc1cc2cc3cnc(CCCC)cc3cc2cn1. The fraction of sp³-hybridized carbons (Fsp3) is 0.400. The predicted molar refractivity (Wildman–Crippen MR) is 94.3 cm³/mol. The Kier molecular flexibility index (Phi) is 4.67. The van der Waals surface area contributed by atoms with Gasteiger partial charge in [0.25, 0.3) is 0 Å². The van der Waals surface area contributed by atoms with E-state index in [1.54, 1.807) is 0 Å². The van der Waals surface area contributed by atoms with E-state index in [1.165, 1.54) is 58.6 Å². The maximum Gasteiger partial charge on any atom is 0.0410 e. The van der Waals surface area contributed by atoms with Gasteiger partial charge in [-0.3, -0.25) is 9.97 Å². The van der Waals surface area contributed by atoms with Gasteiger partial charge in [0, 0.05) is 34.6 Å². The lowest BCUT2D eigenvalue weighted by molar-refractivity contribution is 0.778. The van der Waals surface area contributed by atoms with Crippen LogP contribution in [0.15, 0.2) is 36.7 Å². The Morgan fingerprint density at radius 2 is 1.09 bits per heavy atom. The van der Waals surface area contributed by atoms with E-state index in [-0.39, 0.29) is 0 Å². The van der Waals surface area contributed by atoms with Crippen LogP contribution < -0.4 is 0 Å². The number of pyridine rings is 2. The number of hydrogen-bond donors (Lipinski definition) is 0.